The number of esters is 1. The van der Waals surface area contributed by atoms with E-state index >= 15 is 0 Å². The molecule has 0 N–H and O–H groups in total. The van der Waals surface area contributed by atoms with Crippen molar-refractivity contribution in [2.75, 3.05) is 13.7 Å². The molecule has 0 spiro atoms. The summed E-state index contributed by atoms with van der Waals surface area (Å²) in [5.41, 5.74) is 4.19. The zero-order chi connectivity index (χ0) is 24.6. The summed E-state index contributed by atoms with van der Waals surface area (Å²) in [6.07, 6.45) is 3.75. The Kier molecular flexibility index (Phi) is 8.02. The number of carbonyl (C=O) groups excluding carboxylic acids is 1. The monoisotopic (exact) mass is 485 g/mol. The molecule has 1 atom stereocenters. The molecule has 6 heteroatoms. The zero-order valence-corrected chi connectivity index (χ0v) is 20.9. The molecule has 2 aromatic heterocycles. The molecular weight excluding hydrogens is 458 g/mol. The van der Waals surface area contributed by atoms with Gasteiger partial charge in [-0.15, -0.1) is 17.3 Å². The van der Waals surface area contributed by atoms with Crippen molar-refractivity contribution in [3.05, 3.63) is 77.4 Å². The number of methoxy groups -OCH3 is 1. The molecule has 0 aliphatic heterocycles. The van der Waals surface area contributed by atoms with Crippen molar-refractivity contribution in [3.8, 4) is 34.5 Å². The van der Waals surface area contributed by atoms with E-state index in [1.165, 1.54) is 4.70 Å². The molecule has 178 valence electrons. The van der Waals surface area contributed by atoms with Crippen LogP contribution in [0.1, 0.15) is 37.3 Å². The van der Waals surface area contributed by atoms with Crippen LogP contribution in [0.4, 0.5) is 0 Å². The Morgan fingerprint density at radius 1 is 1.11 bits per heavy atom. The Bertz CT molecular complexity index is 1360. The summed E-state index contributed by atoms with van der Waals surface area (Å²) in [7, 11) is 1.66. The first-order valence-corrected chi connectivity index (χ1v) is 12.3. The minimum Gasteiger partial charge on any atom is -0.494 e. The third-order valence-electron chi connectivity index (χ3n) is 5.62. The number of ether oxygens (including phenoxy) is 3. The van der Waals surface area contributed by atoms with Crippen molar-refractivity contribution in [1.82, 2.24) is 4.98 Å². The van der Waals surface area contributed by atoms with Crippen LogP contribution in [0.15, 0.2) is 66.3 Å². The highest BCUT2D eigenvalue weighted by atomic mass is 32.1. The molecule has 0 radical (unpaired) electrons. The van der Waals surface area contributed by atoms with Crippen LogP contribution in [0.5, 0.6) is 11.5 Å². The standard InChI is InChI=1S/C29H27NO4S/c1-4-6-22(16-29(31)33-5-2)21-8-10-23(11-9-21)34-18-20-7-12-28-25(15-20)26(19-35-28)24-13-14-30-17-27(24)32-3/h7-15,17,19,22H,5,16,18H2,1-3H3/t22-/m0/s1. The fourth-order valence-electron chi connectivity index (χ4n) is 3.92. The average molecular weight is 486 g/mol. The third kappa shape index (κ3) is 5.82. The highest BCUT2D eigenvalue weighted by molar-refractivity contribution is 7.17. The maximum Gasteiger partial charge on any atom is 0.307 e. The van der Waals surface area contributed by atoms with Gasteiger partial charge in [-0.1, -0.05) is 24.1 Å². The summed E-state index contributed by atoms with van der Waals surface area (Å²) in [4.78, 5) is 16.1. The van der Waals surface area contributed by atoms with Crippen LogP contribution in [0.25, 0.3) is 21.2 Å². The molecule has 5 nitrogen and oxygen atoms in total. The number of carbonyl (C=O) groups is 1. The van der Waals surface area contributed by atoms with E-state index in [0.717, 1.165) is 39.1 Å². The highest BCUT2D eigenvalue weighted by Crippen LogP contribution is 2.38. The van der Waals surface area contributed by atoms with E-state index in [-0.39, 0.29) is 18.3 Å². The van der Waals surface area contributed by atoms with Gasteiger partial charge in [-0.2, -0.15) is 0 Å². The molecular formula is C29H27NO4S. The lowest BCUT2D eigenvalue weighted by Crippen LogP contribution is -2.09. The van der Waals surface area contributed by atoms with E-state index < -0.39 is 0 Å². The van der Waals surface area contributed by atoms with E-state index in [1.807, 2.05) is 30.3 Å². The van der Waals surface area contributed by atoms with Crippen molar-refractivity contribution < 1.29 is 19.0 Å². The summed E-state index contributed by atoms with van der Waals surface area (Å²) in [5.74, 6) is 7.09. The van der Waals surface area contributed by atoms with Gasteiger partial charge in [0.1, 0.15) is 18.1 Å². The number of hydrogen-bond donors (Lipinski definition) is 0. The number of thiophene rings is 1. The van der Waals surface area contributed by atoms with Gasteiger partial charge in [0.25, 0.3) is 0 Å². The van der Waals surface area contributed by atoms with Crippen molar-refractivity contribution in [2.45, 2.75) is 32.8 Å². The van der Waals surface area contributed by atoms with Gasteiger partial charge in [0.2, 0.25) is 0 Å². The van der Waals surface area contributed by atoms with Crippen LogP contribution >= 0.6 is 11.3 Å². The van der Waals surface area contributed by atoms with Gasteiger partial charge in [0.15, 0.2) is 0 Å². The number of nitrogens with zero attached hydrogens (tertiary/aromatic N) is 1. The molecule has 0 aliphatic carbocycles. The van der Waals surface area contributed by atoms with E-state index in [4.69, 9.17) is 14.2 Å². The quantitative estimate of drug-likeness (QED) is 0.197. The number of pyridine rings is 1. The van der Waals surface area contributed by atoms with Crippen molar-refractivity contribution in [3.63, 3.8) is 0 Å². The summed E-state index contributed by atoms with van der Waals surface area (Å²) < 4.78 is 17.9. The maximum absolute atomic E-state index is 11.9. The molecule has 0 unspecified atom stereocenters. The van der Waals surface area contributed by atoms with Crippen molar-refractivity contribution in [1.29, 1.82) is 0 Å². The van der Waals surface area contributed by atoms with Gasteiger partial charge >= 0.3 is 5.97 Å². The van der Waals surface area contributed by atoms with Crippen LogP contribution in [-0.2, 0) is 16.1 Å². The lowest BCUT2D eigenvalue weighted by Gasteiger charge is -2.12. The molecule has 0 aliphatic rings. The number of rotatable bonds is 9. The second kappa shape index (κ2) is 11.5. The molecule has 0 bridgehead atoms. The van der Waals surface area contributed by atoms with E-state index in [0.29, 0.717) is 13.2 Å². The molecule has 4 aromatic rings. The fourth-order valence-corrected chi connectivity index (χ4v) is 4.86. The summed E-state index contributed by atoms with van der Waals surface area (Å²) in [5, 5.41) is 3.31. The number of aromatic nitrogens is 1. The maximum atomic E-state index is 11.9. The molecule has 0 fully saturated rings. The smallest absolute Gasteiger partial charge is 0.307 e. The second-order valence-electron chi connectivity index (χ2n) is 7.87. The summed E-state index contributed by atoms with van der Waals surface area (Å²) >= 11 is 1.71. The molecule has 2 heterocycles. The van der Waals surface area contributed by atoms with Crippen LogP contribution in [0.3, 0.4) is 0 Å². The van der Waals surface area contributed by atoms with Gasteiger partial charge < -0.3 is 14.2 Å². The van der Waals surface area contributed by atoms with Crippen LogP contribution < -0.4 is 9.47 Å². The molecule has 4 rings (SSSR count). The van der Waals surface area contributed by atoms with E-state index in [9.17, 15) is 4.79 Å². The van der Waals surface area contributed by atoms with E-state index in [2.05, 4.69) is 40.4 Å². The highest BCUT2D eigenvalue weighted by Gasteiger charge is 2.15. The van der Waals surface area contributed by atoms with Crippen LogP contribution in [-0.4, -0.2) is 24.7 Å². The minimum atomic E-state index is -0.242. The molecule has 0 saturated carbocycles. The number of fused-ring (bicyclic) bond motifs is 1. The fraction of sp³-hybridized carbons (Fsp3) is 0.241. The predicted molar refractivity (Wildman–Crippen MR) is 140 cm³/mol. The van der Waals surface area contributed by atoms with Crippen molar-refractivity contribution >= 4 is 27.4 Å². The average Bonchev–Trinajstić information content (AvgIpc) is 3.31. The molecule has 2 aromatic carbocycles. The largest absolute Gasteiger partial charge is 0.494 e. The number of hydrogen-bond acceptors (Lipinski definition) is 6. The zero-order valence-electron chi connectivity index (χ0n) is 20.0. The molecule has 0 saturated heterocycles. The minimum absolute atomic E-state index is 0.197. The van der Waals surface area contributed by atoms with E-state index in [1.54, 1.807) is 44.7 Å². The molecule has 35 heavy (non-hydrogen) atoms. The normalized spacial score (nSPS) is 11.4. The van der Waals surface area contributed by atoms with Gasteiger partial charge in [-0.3, -0.25) is 9.78 Å². The topological polar surface area (TPSA) is 57.7 Å². The molecule has 0 amide bonds. The Hall–Kier alpha value is -3.82. The van der Waals surface area contributed by atoms with Crippen LogP contribution in [0.2, 0.25) is 0 Å². The lowest BCUT2D eigenvalue weighted by molar-refractivity contribution is -0.143. The predicted octanol–water partition coefficient (Wildman–Crippen LogP) is 6.61. The van der Waals surface area contributed by atoms with Crippen LogP contribution in [0, 0.1) is 11.8 Å². The Morgan fingerprint density at radius 3 is 2.69 bits per heavy atom. The Labute approximate surface area is 209 Å². The second-order valence-corrected chi connectivity index (χ2v) is 8.78. The first-order valence-electron chi connectivity index (χ1n) is 11.4. The van der Waals surface area contributed by atoms with Gasteiger partial charge in [0.05, 0.1) is 32.3 Å². The SMILES string of the molecule is CC#C[C@@H](CC(=O)OCC)c1ccc(OCc2ccc3scc(-c4ccncc4OC)c3c2)cc1. The summed E-state index contributed by atoms with van der Waals surface area (Å²) in [6.45, 7) is 4.39. The van der Waals surface area contributed by atoms with Gasteiger partial charge in [0, 0.05) is 27.4 Å². The van der Waals surface area contributed by atoms with Gasteiger partial charge in [-0.25, -0.2) is 0 Å². The third-order valence-corrected chi connectivity index (χ3v) is 6.58. The Balaban J connectivity index is 1.48. The first kappa shape index (κ1) is 24.3. The summed E-state index contributed by atoms with van der Waals surface area (Å²) in [6, 6.07) is 16.1. The first-order chi connectivity index (χ1) is 17.1. The number of benzene rings is 2. The Morgan fingerprint density at radius 2 is 1.94 bits per heavy atom. The van der Waals surface area contributed by atoms with Gasteiger partial charge in [-0.05, 0) is 60.7 Å². The lowest BCUT2D eigenvalue weighted by atomic mass is 9.96. The van der Waals surface area contributed by atoms with Crippen molar-refractivity contribution in [2.24, 2.45) is 0 Å².